The van der Waals surface area contributed by atoms with Gasteiger partial charge >= 0.3 is 0 Å². The number of aromatic nitrogens is 2. The summed E-state index contributed by atoms with van der Waals surface area (Å²) >= 11 is 0. The van der Waals surface area contributed by atoms with Crippen LogP contribution in [-0.4, -0.2) is 16.0 Å². The predicted molar refractivity (Wildman–Crippen MR) is 69.6 cm³/mol. The van der Waals surface area contributed by atoms with E-state index in [2.05, 4.69) is 20.7 Å². The van der Waals surface area contributed by atoms with Crippen molar-refractivity contribution in [3.63, 3.8) is 0 Å². The van der Waals surface area contributed by atoms with Crippen LogP contribution in [0.4, 0.5) is 11.8 Å². The van der Waals surface area contributed by atoms with Crippen molar-refractivity contribution in [3.8, 4) is 0 Å². The zero-order chi connectivity index (χ0) is 11.9. The molecule has 0 spiro atoms. The second-order valence-corrected chi connectivity index (χ2v) is 4.60. The molecule has 0 saturated heterocycles. The van der Waals surface area contributed by atoms with Crippen LogP contribution in [0.3, 0.4) is 0 Å². The molecule has 0 amide bonds. The molecule has 1 aliphatic rings. The molecule has 1 saturated carbocycles. The summed E-state index contributed by atoms with van der Waals surface area (Å²) in [6.45, 7) is 0. The molecule has 17 heavy (non-hydrogen) atoms. The number of nitrogens with two attached hydrogens (primary N) is 1. The molecule has 0 aliphatic heterocycles. The first-order valence-electron chi connectivity index (χ1n) is 6.44. The van der Waals surface area contributed by atoms with Gasteiger partial charge in [-0.1, -0.05) is 32.1 Å². The van der Waals surface area contributed by atoms with Crippen LogP contribution in [0.2, 0.25) is 0 Å². The smallest absolute Gasteiger partial charge is 0.239 e. The highest BCUT2D eigenvalue weighted by atomic mass is 15.3. The SMILES string of the molecule is NNc1nccc(NC2CCCCCCC2)n1. The molecule has 0 aromatic carbocycles. The van der Waals surface area contributed by atoms with Gasteiger partial charge in [0.2, 0.25) is 5.95 Å². The minimum atomic E-state index is 0.459. The molecule has 1 aromatic rings. The molecule has 0 unspecified atom stereocenters. The Morgan fingerprint density at radius 2 is 1.82 bits per heavy atom. The normalized spacial score (nSPS) is 18.2. The van der Waals surface area contributed by atoms with Crippen LogP contribution in [0, 0.1) is 0 Å². The lowest BCUT2D eigenvalue weighted by molar-refractivity contribution is 0.470. The van der Waals surface area contributed by atoms with E-state index in [9.17, 15) is 0 Å². The summed E-state index contributed by atoms with van der Waals surface area (Å²) < 4.78 is 0. The first-order chi connectivity index (χ1) is 8.38. The van der Waals surface area contributed by atoms with Gasteiger partial charge in [0.1, 0.15) is 5.82 Å². The summed E-state index contributed by atoms with van der Waals surface area (Å²) in [6, 6.07) is 2.43. The van der Waals surface area contributed by atoms with Crippen molar-refractivity contribution in [3.05, 3.63) is 12.3 Å². The fraction of sp³-hybridized carbons (Fsp3) is 0.667. The molecular weight excluding hydrogens is 214 g/mol. The Hall–Kier alpha value is -1.36. The van der Waals surface area contributed by atoms with E-state index in [-0.39, 0.29) is 0 Å². The van der Waals surface area contributed by atoms with E-state index < -0.39 is 0 Å². The molecule has 5 heteroatoms. The monoisotopic (exact) mass is 235 g/mol. The standard InChI is InChI=1S/C12H21N5/c13-17-12-14-9-8-11(16-12)15-10-6-4-2-1-3-5-7-10/h8-10H,1-7,13H2,(H2,14,15,16,17). The zero-order valence-corrected chi connectivity index (χ0v) is 10.2. The highest BCUT2D eigenvalue weighted by Crippen LogP contribution is 2.20. The van der Waals surface area contributed by atoms with E-state index in [0.29, 0.717) is 12.0 Å². The van der Waals surface area contributed by atoms with Crippen molar-refractivity contribution >= 4 is 11.8 Å². The molecule has 1 aromatic heterocycles. The third kappa shape index (κ3) is 3.85. The fourth-order valence-electron chi connectivity index (χ4n) is 2.32. The Bertz CT molecular complexity index is 333. The first kappa shape index (κ1) is 12.1. The van der Waals surface area contributed by atoms with Crippen molar-refractivity contribution in [2.45, 2.75) is 51.0 Å². The molecule has 2 rings (SSSR count). The van der Waals surface area contributed by atoms with Gasteiger partial charge < -0.3 is 5.32 Å². The van der Waals surface area contributed by atoms with E-state index in [1.54, 1.807) is 6.20 Å². The Morgan fingerprint density at radius 1 is 1.12 bits per heavy atom. The average Bonchev–Trinajstić information content (AvgIpc) is 2.33. The van der Waals surface area contributed by atoms with Crippen LogP contribution in [0.1, 0.15) is 44.9 Å². The second kappa shape index (κ2) is 6.39. The van der Waals surface area contributed by atoms with E-state index in [1.807, 2.05) is 6.07 Å². The van der Waals surface area contributed by atoms with Crippen LogP contribution in [0.15, 0.2) is 12.3 Å². The van der Waals surface area contributed by atoms with Gasteiger partial charge in [-0.05, 0) is 18.9 Å². The number of rotatable bonds is 3. The van der Waals surface area contributed by atoms with Crippen molar-refractivity contribution in [2.75, 3.05) is 10.7 Å². The number of nitrogens with one attached hydrogen (secondary N) is 2. The first-order valence-corrected chi connectivity index (χ1v) is 6.44. The van der Waals surface area contributed by atoms with E-state index in [1.165, 1.54) is 44.9 Å². The fourth-order valence-corrected chi connectivity index (χ4v) is 2.32. The maximum atomic E-state index is 5.29. The molecule has 1 fully saturated rings. The highest BCUT2D eigenvalue weighted by Gasteiger charge is 2.11. The highest BCUT2D eigenvalue weighted by molar-refractivity contribution is 5.39. The van der Waals surface area contributed by atoms with Crippen LogP contribution in [-0.2, 0) is 0 Å². The second-order valence-electron chi connectivity index (χ2n) is 4.60. The number of hydrazine groups is 1. The Labute approximate surface area is 102 Å². The molecule has 0 radical (unpaired) electrons. The maximum absolute atomic E-state index is 5.29. The van der Waals surface area contributed by atoms with Crippen molar-refractivity contribution < 1.29 is 0 Å². The summed E-state index contributed by atoms with van der Waals surface area (Å²) in [5.74, 6) is 6.61. The van der Waals surface area contributed by atoms with Gasteiger partial charge in [0.15, 0.2) is 0 Å². The Balaban J connectivity index is 1.93. The third-order valence-corrected chi connectivity index (χ3v) is 3.24. The summed E-state index contributed by atoms with van der Waals surface area (Å²) in [5.41, 5.74) is 2.46. The third-order valence-electron chi connectivity index (χ3n) is 3.24. The van der Waals surface area contributed by atoms with Gasteiger partial charge in [-0.3, -0.25) is 5.43 Å². The van der Waals surface area contributed by atoms with Gasteiger partial charge in [0.05, 0.1) is 0 Å². The van der Waals surface area contributed by atoms with Crippen LogP contribution >= 0.6 is 0 Å². The summed E-state index contributed by atoms with van der Waals surface area (Å²) in [6.07, 6.45) is 10.9. The average molecular weight is 235 g/mol. The van der Waals surface area contributed by atoms with Gasteiger partial charge in [0.25, 0.3) is 0 Å². The van der Waals surface area contributed by atoms with Crippen LogP contribution in [0.5, 0.6) is 0 Å². The predicted octanol–water partition coefficient (Wildman–Crippen LogP) is 2.29. The van der Waals surface area contributed by atoms with Gasteiger partial charge in [0, 0.05) is 12.2 Å². The summed E-state index contributed by atoms with van der Waals surface area (Å²) in [5, 5.41) is 3.48. The topological polar surface area (TPSA) is 75.9 Å². The molecule has 1 aliphatic carbocycles. The molecule has 1 heterocycles. The summed E-state index contributed by atoms with van der Waals surface area (Å²) in [4.78, 5) is 8.28. The number of nitrogen functional groups attached to an aromatic ring is 1. The molecule has 0 bridgehead atoms. The van der Waals surface area contributed by atoms with Gasteiger partial charge in [-0.15, -0.1) is 0 Å². The molecule has 94 valence electrons. The van der Waals surface area contributed by atoms with Gasteiger partial charge in [-0.2, -0.15) is 4.98 Å². The molecule has 0 atom stereocenters. The number of hydrogen-bond donors (Lipinski definition) is 3. The summed E-state index contributed by atoms with van der Waals surface area (Å²) in [7, 11) is 0. The number of hydrogen-bond acceptors (Lipinski definition) is 5. The van der Waals surface area contributed by atoms with Crippen molar-refractivity contribution in [2.24, 2.45) is 5.84 Å². The zero-order valence-electron chi connectivity index (χ0n) is 10.2. The lowest BCUT2D eigenvalue weighted by Crippen LogP contribution is -2.21. The lowest BCUT2D eigenvalue weighted by Gasteiger charge is -2.21. The van der Waals surface area contributed by atoms with E-state index in [4.69, 9.17) is 5.84 Å². The molecule has 4 N–H and O–H groups in total. The maximum Gasteiger partial charge on any atom is 0.239 e. The molecular formula is C12H21N5. The van der Waals surface area contributed by atoms with Crippen molar-refractivity contribution in [1.29, 1.82) is 0 Å². The van der Waals surface area contributed by atoms with Crippen LogP contribution in [0.25, 0.3) is 0 Å². The van der Waals surface area contributed by atoms with E-state index >= 15 is 0 Å². The van der Waals surface area contributed by atoms with Crippen molar-refractivity contribution in [1.82, 2.24) is 9.97 Å². The largest absolute Gasteiger partial charge is 0.367 e. The Kier molecular flexibility index (Phi) is 4.55. The van der Waals surface area contributed by atoms with Gasteiger partial charge in [-0.25, -0.2) is 10.8 Å². The quantitative estimate of drug-likeness (QED) is 0.553. The van der Waals surface area contributed by atoms with Crippen LogP contribution < -0.4 is 16.6 Å². The minimum Gasteiger partial charge on any atom is -0.367 e. The molecule has 5 nitrogen and oxygen atoms in total. The minimum absolute atomic E-state index is 0.459. The number of nitrogens with zero attached hydrogens (tertiary/aromatic N) is 2. The number of anilines is 2. The Morgan fingerprint density at radius 3 is 2.53 bits per heavy atom. The van der Waals surface area contributed by atoms with E-state index in [0.717, 1.165) is 5.82 Å². The lowest BCUT2D eigenvalue weighted by atomic mass is 9.97.